The maximum absolute atomic E-state index is 12.9. The molecule has 1 aromatic carbocycles. The van der Waals surface area contributed by atoms with Crippen molar-refractivity contribution in [3.63, 3.8) is 0 Å². The van der Waals surface area contributed by atoms with Crippen molar-refractivity contribution in [1.29, 1.82) is 0 Å². The van der Waals surface area contributed by atoms with E-state index in [2.05, 4.69) is 15.6 Å². The minimum Gasteiger partial charge on any atom is -0.347 e. The summed E-state index contributed by atoms with van der Waals surface area (Å²) in [4.78, 5) is 28.3. The molecule has 152 valence electrons. The Balaban J connectivity index is 1.99. The summed E-state index contributed by atoms with van der Waals surface area (Å²) in [6.07, 6.45) is -2.84. The maximum Gasteiger partial charge on any atom is 0.416 e. The molecule has 0 aliphatic carbocycles. The fourth-order valence-electron chi connectivity index (χ4n) is 2.11. The van der Waals surface area contributed by atoms with Gasteiger partial charge in [-0.3, -0.25) is 9.59 Å². The number of benzene rings is 1. The van der Waals surface area contributed by atoms with Crippen LogP contribution in [0.1, 0.15) is 36.8 Å². The molecule has 1 heterocycles. The van der Waals surface area contributed by atoms with Crippen LogP contribution in [0.4, 0.5) is 18.3 Å². The Hall–Kier alpha value is -2.13. The van der Waals surface area contributed by atoms with Crippen molar-refractivity contribution in [2.45, 2.75) is 33.4 Å². The van der Waals surface area contributed by atoms with Crippen LogP contribution in [-0.2, 0) is 22.2 Å². The largest absolute Gasteiger partial charge is 0.416 e. The molecule has 0 aliphatic rings. The van der Waals surface area contributed by atoms with Gasteiger partial charge in [0.1, 0.15) is 0 Å². The highest BCUT2D eigenvalue weighted by atomic mass is 35.5. The third kappa shape index (κ3) is 6.20. The summed E-state index contributed by atoms with van der Waals surface area (Å²) in [5.74, 6) is -0.711. The zero-order valence-corrected chi connectivity index (χ0v) is 17.0. The Morgan fingerprint density at radius 2 is 1.89 bits per heavy atom. The highest BCUT2D eigenvalue weighted by Gasteiger charge is 2.31. The van der Waals surface area contributed by atoms with Gasteiger partial charge in [0.2, 0.25) is 11.8 Å². The van der Waals surface area contributed by atoms with Gasteiger partial charge in [-0.2, -0.15) is 13.2 Å². The van der Waals surface area contributed by atoms with Gasteiger partial charge in [0.15, 0.2) is 5.13 Å². The number of carbonyl (C=O) groups is 2. The van der Waals surface area contributed by atoms with Crippen LogP contribution < -0.4 is 10.6 Å². The molecule has 2 aromatic rings. The van der Waals surface area contributed by atoms with E-state index in [1.54, 1.807) is 20.8 Å². The number of alkyl halides is 3. The van der Waals surface area contributed by atoms with E-state index in [4.69, 9.17) is 11.6 Å². The first kappa shape index (κ1) is 22.2. The molecule has 2 rings (SSSR count). The van der Waals surface area contributed by atoms with Crippen molar-refractivity contribution in [3.05, 3.63) is 45.4 Å². The van der Waals surface area contributed by atoms with Crippen LogP contribution in [0.3, 0.4) is 0 Å². The molecule has 28 heavy (non-hydrogen) atoms. The summed E-state index contributed by atoms with van der Waals surface area (Å²) >= 11 is 7.12. The number of amides is 2. The maximum atomic E-state index is 12.9. The van der Waals surface area contributed by atoms with Crippen LogP contribution in [-0.4, -0.2) is 23.3 Å². The average Bonchev–Trinajstić information content (AvgIpc) is 2.99. The van der Waals surface area contributed by atoms with Gasteiger partial charge >= 0.3 is 6.18 Å². The number of hydrogen-bond acceptors (Lipinski definition) is 4. The van der Waals surface area contributed by atoms with Gasteiger partial charge in [-0.15, -0.1) is 11.3 Å². The van der Waals surface area contributed by atoms with E-state index in [1.807, 2.05) is 0 Å². The van der Waals surface area contributed by atoms with Crippen molar-refractivity contribution in [3.8, 4) is 0 Å². The highest BCUT2D eigenvalue weighted by Crippen LogP contribution is 2.33. The van der Waals surface area contributed by atoms with Crippen molar-refractivity contribution >= 4 is 39.9 Å². The molecule has 5 nitrogen and oxygen atoms in total. The van der Waals surface area contributed by atoms with E-state index in [-0.39, 0.29) is 29.0 Å². The lowest BCUT2D eigenvalue weighted by molar-refractivity contribution is -0.137. The second-order valence-electron chi connectivity index (χ2n) is 7.09. The third-order valence-electron chi connectivity index (χ3n) is 3.63. The summed E-state index contributed by atoms with van der Waals surface area (Å²) in [5, 5.41) is 5.57. The molecule has 0 radical (unpaired) electrons. The molecule has 10 heteroatoms. The Labute approximate surface area is 169 Å². The first-order chi connectivity index (χ1) is 12.9. The van der Waals surface area contributed by atoms with E-state index in [9.17, 15) is 22.8 Å². The predicted molar refractivity (Wildman–Crippen MR) is 102 cm³/mol. The standard InChI is InChI=1S/C18H19ClF3N3O2S/c1-17(2,3)15(27)23-9-14(26)25-16-24-8-12(28-16)7-10-6-11(18(20,21)22)4-5-13(10)19/h4-6,8H,7,9H2,1-3H3,(H,23,27)(H,24,25,26). The molecule has 0 saturated heterocycles. The molecule has 0 saturated carbocycles. The third-order valence-corrected chi connectivity index (χ3v) is 4.91. The van der Waals surface area contributed by atoms with Gasteiger partial charge in [0.25, 0.3) is 0 Å². The van der Waals surface area contributed by atoms with Gasteiger partial charge in [-0.1, -0.05) is 32.4 Å². The fraction of sp³-hybridized carbons (Fsp3) is 0.389. The number of aromatic nitrogens is 1. The lowest BCUT2D eigenvalue weighted by Gasteiger charge is -2.17. The molecule has 0 fully saturated rings. The summed E-state index contributed by atoms with van der Waals surface area (Å²) in [6.45, 7) is 4.98. The van der Waals surface area contributed by atoms with Crippen molar-refractivity contribution in [1.82, 2.24) is 10.3 Å². The predicted octanol–water partition coefficient (Wildman–Crippen LogP) is 4.51. The molecule has 2 N–H and O–H groups in total. The van der Waals surface area contributed by atoms with Gasteiger partial charge in [0, 0.05) is 27.9 Å². The van der Waals surface area contributed by atoms with Crippen LogP contribution in [0.25, 0.3) is 0 Å². The lowest BCUT2D eigenvalue weighted by Crippen LogP contribution is -2.39. The minimum atomic E-state index is -4.45. The number of nitrogens with zero attached hydrogens (tertiary/aromatic N) is 1. The Bertz CT molecular complexity index is 876. The molecule has 0 bridgehead atoms. The second-order valence-corrected chi connectivity index (χ2v) is 8.62. The topological polar surface area (TPSA) is 71.1 Å². The SMILES string of the molecule is CC(C)(C)C(=O)NCC(=O)Nc1ncc(Cc2cc(C(F)(F)F)ccc2Cl)s1. The average molecular weight is 434 g/mol. The number of thiazole rings is 1. The van der Waals surface area contributed by atoms with Crippen LogP contribution in [0.5, 0.6) is 0 Å². The Kier molecular flexibility index (Phi) is 6.71. The fourth-order valence-corrected chi connectivity index (χ4v) is 3.15. The Morgan fingerprint density at radius 1 is 1.21 bits per heavy atom. The Morgan fingerprint density at radius 3 is 2.50 bits per heavy atom. The van der Waals surface area contributed by atoms with Gasteiger partial charge in [-0.25, -0.2) is 4.98 Å². The van der Waals surface area contributed by atoms with E-state index >= 15 is 0 Å². The van der Waals surface area contributed by atoms with Gasteiger partial charge in [-0.05, 0) is 23.8 Å². The van der Waals surface area contributed by atoms with E-state index in [0.717, 1.165) is 23.5 Å². The summed E-state index contributed by atoms with van der Waals surface area (Å²) in [5.41, 5.74) is -1.08. The van der Waals surface area contributed by atoms with Crippen LogP contribution >= 0.6 is 22.9 Å². The number of rotatable bonds is 5. The van der Waals surface area contributed by atoms with Crippen molar-refractivity contribution in [2.24, 2.45) is 5.41 Å². The molecule has 1 aromatic heterocycles. The number of carbonyl (C=O) groups excluding carboxylic acids is 2. The molecule has 0 aliphatic heterocycles. The van der Waals surface area contributed by atoms with E-state index in [0.29, 0.717) is 10.4 Å². The van der Waals surface area contributed by atoms with Crippen molar-refractivity contribution in [2.75, 3.05) is 11.9 Å². The first-order valence-electron chi connectivity index (χ1n) is 8.25. The zero-order chi connectivity index (χ0) is 21.1. The van der Waals surface area contributed by atoms with E-state index in [1.165, 1.54) is 12.3 Å². The second kappa shape index (κ2) is 8.48. The smallest absolute Gasteiger partial charge is 0.347 e. The molecule has 0 unspecified atom stereocenters. The van der Waals surface area contributed by atoms with Crippen LogP contribution in [0, 0.1) is 5.41 Å². The lowest BCUT2D eigenvalue weighted by atomic mass is 9.96. The molecule has 2 amide bonds. The molecular formula is C18H19ClF3N3O2S. The first-order valence-corrected chi connectivity index (χ1v) is 9.44. The molecule has 0 spiro atoms. The highest BCUT2D eigenvalue weighted by molar-refractivity contribution is 7.15. The number of nitrogens with one attached hydrogen (secondary N) is 2. The summed E-state index contributed by atoms with van der Waals surface area (Å²) < 4.78 is 38.6. The normalized spacial score (nSPS) is 12.0. The monoisotopic (exact) mass is 433 g/mol. The zero-order valence-electron chi connectivity index (χ0n) is 15.4. The quantitative estimate of drug-likeness (QED) is 0.729. The van der Waals surface area contributed by atoms with E-state index < -0.39 is 23.1 Å². The number of anilines is 1. The molecule has 0 atom stereocenters. The van der Waals surface area contributed by atoms with Gasteiger partial charge in [0.05, 0.1) is 12.1 Å². The number of hydrogen-bond donors (Lipinski definition) is 2. The molecular weight excluding hydrogens is 415 g/mol. The van der Waals surface area contributed by atoms with Gasteiger partial charge < -0.3 is 10.6 Å². The van der Waals surface area contributed by atoms with Crippen molar-refractivity contribution < 1.29 is 22.8 Å². The minimum absolute atomic E-state index is 0.150. The number of halogens is 4. The summed E-state index contributed by atoms with van der Waals surface area (Å²) in [7, 11) is 0. The summed E-state index contributed by atoms with van der Waals surface area (Å²) in [6, 6.07) is 3.14. The van der Waals surface area contributed by atoms with Crippen LogP contribution in [0.15, 0.2) is 24.4 Å². The van der Waals surface area contributed by atoms with Crippen LogP contribution in [0.2, 0.25) is 5.02 Å².